The fraction of sp³-hybridized carbons (Fsp3) is 0.278. The van der Waals surface area contributed by atoms with Gasteiger partial charge in [-0.1, -0.05) is 0 Å². The number of amides is 5. The summed E-state index contributed by atoms with van der Waals surface area (Å²) in [5.74, 6) is -1.37. The molecule has 0 atom stereocenters. The van der Waals surface area contributed by atoms with E-state index < -0.39 is 29.5 Å². The fourth-order valence-corrected chi connectivity index (χ4v) is 6.15. The van der Waals surface area contributed by atoms with Gasteiger partial charge >= 0.3 is 0 Å². The summed E-state index contributed by atoms with van der Waals surface area (Å²) in [7, 11) is 6.42. The summed E-state index contributed by atoms with van der Waals surface area (Å²) in [6, 6.07) is 11.3. The molecule has 0 saturated heterocycles. The van der Waals surface area contributed by atoms with Crippen LogP contribution >= 0.6 is 23.2 Å². The minimum absolute atomic E-state index is 0.0123. The summed E-state index contributed by atoms with van der Waals surface area (Å²) in [6.45, 7) is 1.40. The fourth-order valence-electron chi connectivity index (χ4n) is 5.75. The molecule has 0 unspecified atom stereocenters. The zero-order chi connectivity index (χ0) is 41.4. The Hall–Kier alpha value is -6.60. The average Bonchev–Trinajstić information content (AvgIpc) is 3.92. The summed E-state index contributed by atoms with van der Waals surface area (Å²) in [4.78, 5) is 71.4. The van der Waals surface area contributed by atoms with E-state index in [0.29, 0.717) is 41.8 Å². The van der Waals surface area contributed by atoms with Gasteiger partial charge in [0.2, 0.25) is 5.82 Å². The van der Waals surface area contributed by atoms with Crippen LogP contribution in [0.4, 0.5) is 28.7 Å². The van der Waals surface area contributed by atoms with Crippen molar-refractivity contribution in [3.8, 4) is 0 Å². The molecule has 57 heavy (non-hydrogen) atoms. The predicted molar refractivity (Wildman–Crippen MR) is 218 cm³/mol. The highest BCUT2D eigenvalue weighted by atomic mass is 35.5. The Morgan fingerprint density at radius 1 is 0.702 bits per heavy atom. The van der Waals surface area contributed by atoms with Gasteiger partial charge in [0.1, 0.15) is 17.1 Å². The van der Waals surface area contributed by atoms with Gasteiger partial charge in [-0.2, -0.15) is 5.10 Å². The molecule has 300 valence electrons. The van der Waals surface area contributed by atoms with Crippen molar-refractivity contribution in [2.24, 2.45) is 33.9 Å². The molecule has 1 aromatic carbocycles. The number of anilines is 5. The van der Waals surface area contributed by atoms with Crippen LogP contribution < -0.4 is 37.2 Å². The Morgan fingerprint density at radius 2 is 1.26 bits per heavy atom. The first-order valence-corrected chi connectivity index (χ1v) is 18.5. The average molecular weight is 822 g/mol. The van der Waals surface area contributed by atoms with Crippen molar-refractivity contribution in [1.82, 2.24) is 33.8 Å². The number of rotatable bonds is 17. The highest BCUT2D eigenvalue weighted by Crippen LogP contribution is 2.21. The number of carbonyl (C=O) groups is 5. The van der Waals surface area contributed by atoms with Crippen LogP contribution in [0, 0.1) is 5.41 Å². The molecule has 4 aromatic heterocycles. The number of aryl methyl sites for hydroxylation is 4. The Kier molecular flexibility index (Phi) is 13.4. The van der Waals surface area contributed by atoms with E-state index in [4.69, 9.17) is 34.3 Å². The first-order chi connectivity index (χ1) is 27.2. The number of amidine groups is 1. The van der Waals surface area contributed by atoms with Gasteiger partial charge in [-0.25, -0.2) is 4.98 Å². The normalized spacial score (nSPS) is 10.8. The number of nitrogens with two attached hydrogens (primary N) is 1. The second kappa shape index (κ2) is 18.4. The van der Waals surface area contributed by atoms with Crippen LogP contribution in [-0.2, 0) is 28.2 Å². The van der Waals surface area contributed by atoms with Gasteiger partial charge in [-0.15, -0.1) is 23.2 Å². The van der Waals surface area contributed by atoms with Gasteiger partial charge in [0, 0.05) is 102 Å². The molecule has 4 heterocycles. The van der Waals surface area contributed by atoms with Gasteiger partial charge < -0.3 is 50.9 Å². The summed E-state index contributed by atoms with van der Waals surface area (Å²) >= 11 is 11.8. The van der Waals surface area contributed by atoms with Crippen LogP contribution in [0.2, 0.25) is 0 Å². The van der Waals surface area contributed by atoms with Crippen molar-refractivity contribution >= 4 is 87.3 Å². The van der Waals surface area contributed by atoms with Crippen molar-refractivity contribution in [2.45, 2.75) is 6.42 Å². The molecule has 0 aliphatic heterocycles. The molecule has 0 fully saturated rings. The highest BCUT2D eigenvalue weighted by molar-refractivity contribution is 6.18. The third kappa shape index (κ3) is 10.4. The maximum atomic E-state index is 13.3. The number of carbonyl (C=O) groups excluding carboxylic acids is 5. The first-order valence-electron chi connectivity index (χ1n) is 17.4. The quantitative estimate of drug-likeness (QED) is 0.0413. The molecule has 5 amide bonds. The number of hydrogen-bond acceptors (Lipinski definition) is 9. The lowest BCUT2D eigenvalue weighted by Crippen LogP contribution is -2.29. The van der Waals surface area contributed by atoms with E-state index in [-0.39, 0.29) is 53.3 Å². The van der Waals surface area contributed by atoms with Crippen molar-refractivity contribution in [1.29, 1.82) is 5.41 Å². The van der Waals surface area contributed by atoms with Gasteiger partial charge in [0.05, 0.1) is 17.2 Å². The van der Waals surface area contributed by atoms with Crippen LogP contribution in [0.25, 0.3) is 0 Å². The zero-order valence-electron chi connectivity index (χ0n) is 31.5. The van der Waals surface area contributed by atoms with E-state index in [0.717, 1.165) is 5.69 Å². The van der Waals surface area contributed by atoms with Crippen LogP contribution in [0.5, 0.6) is 0 Å². The molecule has 8 N–H and O–H groups in total. The Balaban J connectivity index is 1.17. The predicted octanol–water partition coefficient (Wildman–Crippen LogP) is 3.18. The Bertz CT molecular complexity index is 2300. The van der Waals surface area contributed by atoms with Gasteiger partial charge in [-0.05, 0) is 36.4 Å². The minimum Gasteiger partial charge on any atom is -0.388 e. The Labute approximate surface area is 337 Å². The van der Waals surface area contributed by atoms with E-state index in [1.165, 1.54) is 42.8 Å². The number of nitrogens with zero attached hydrogens (tertiary/aromatic N) is 7. The zero-order valence-corrected chi connectivity index (χ0v) is 33.0. The number of nitrogens with one attached hydrogen (secondary N) is 6. The first kappa shape index (κ1) is 41.6. The summed E-state index contributed by atoms with van der Waals surface area (Å²) in [6.07, 6.45) is 4.81. The lowest BCUT2D eigenvalue weighted by Gasteiger charge is -2.22. The van der Waals surface area contributed by atoms with E-state index in [1.54, 1.807) is 52.7 Å². The van der Waals surface area contributed by atoms with Crippen molar-refractivity contribution in [2.75, 3.05) is 57.6 Å². The standard InChI is InChI=1S/C36H42Cl2N14O5/c1-48-19-23(43-36(57)31-44-30(20-50(31)3)46-32(53)21-5-7-24(8-6-21)52(13-10-37)14-11-38)16-25(48)34(55)42-22-15-26(49(2)18-22)35(56)45-29-17-27(51(4)47-29)33(54)41-12-9-28(39)40/h5-8,15-20H,9-14H2,1-4H3,(H3,39,40)(H,41,54)(H,42,55)(H,43,57)(H,46,53)(H,45,47,56). The van der Waals surface area contributed by atoms with Crippen molar-refractivity contribution in [3.05, 3.63) is 89.5 Å². The molecule has 0 radical (unpaired) electrons. The molecule has 5 rings (SSSR count). The van der Waals surface area contributed by atoms with E-state index in [2.05, 4.69) is 36.7 Å². The minimum atomic E-state index is -0.578. The molecule has 19 nitrogen and oxygen atoms in total. The van der Waals surface area contributed by atoms with E-state index >= 15 is 0 Å². The molecule has 0 spiro atoms. The SMILES string of the molecule is Cn1cc(NC(=O)c2nc(NC(=O)c3ccc(N(CCCl)CCCl)cc3)cn2C)cc1C(=O)Nc1cc(C(=O)Nc2cc(C(=O)NCCC(=N)N)n(C)n2)n(C)c1. The highest BCUT2D eigenvalue weighted by Gasteiger charge is 2.21. The number of hydrogen-bond donors (Lipinski definition) is 7. The van der Waals surface area contributed by atoms with Gasteiger partial charge in [-0.3, -0.25) is 34.1 Å². The van der Waals surface area contributed by atoms with Crippen LogP contribution in [-0.4, -0.2) is 95.2 Å². The van der Waals surface area contributed by atoms with Gasteiger partial charge in [0.25, 0.3) is 29.5 Å². The molecule has 21 heteroatoms. The van der Waals surface area contributed by atoms with E-state index in [1.807, 2.05) is 17.0 Å². The molecule has 0 aliphatic rings. The van der Waals surface area contributed by atoms with Crippen LogP contribution in [0.15, 0.2) is 61.1 Å². The third-order valence-corrected chi connectivity index (χ3v) is 8.89. The number of halogens is 2. The molecule has 0 saturated carbocycles. The topological polar surface area (TPSA) is 244 Å². The number of benzene rings is 1. The molecular weight excluding hydrogens is 779 g/mol. The maximum Gasteiger partial charge on any atom is 0.291 e. The second-order valence-electron chi connectivity index (χ2n) is 12.8. The van der Waals surface area contributed by atoms with Crippen molar-refractivity contribution in [3.63, 3.8) is 0 Å². The molecule has 5 aromatic rings. The third-order valence-electron chi connectivity index (χ3n) is 8.55. The summed E-state index contributed by atoms with van der Waals surface area (Å²) < 4.78 is 5.81. The number of aromatic nitrogens is 6. The van der Waals surface area contributed by atoms with Crippen molar-refractivity contribution < 1.29 is 24.0 Å². The maximum absolute atomic E-state index is 13.3. The lowest BCUT2D eigenvalue weighted by molar-refractivity contribution is 0.0942. The molecular formula is C36H42Cl2N14O5. The van der Waals surface area contributed by atoms with Crippen LogP contribution in [0.3, 0.4) is 0 Å². The largest absolute Gasteiger partial charge is 0.388 e. The monoisotopic (exact) mass is 820 g/mol. The summed E-state index contributed by atoms with van der Waals surface area (Å²) in [5, 5.41) is 24.9. The molecule has 0 aliphatic carbocycles. The lowest BCUT2D eigenvalue weighted by atomic mass is 10.2. The Morgan fingerprint density at radius 3 is 1.84 bits per heavy atom. The number of imidazole rings is 1. The summed E-state index contributed by atoms with van der Waals surface area (Å²) in [5.41, 5.74) is 7.82. The number of alkyl halides is 2. The van der Waals surface area contributed by atoms with Crippen LogP contribution in [0.1, 0.15) is 58.9 Å². The van der Waals surface area contributed by atoms with E-state index in [9.17, 15) is 24.0 Å². The molecule has 0 bridgehead atoms. The smallest absolute Gasteiger partial charge is 0.291 e. The second-order valence-corrected chi connectivity index (χ2v) is 13.6. The van der Waals surface area contributed by atoms with Gasteiger partial charge in [0.15, 0.2) is 11.6 Å².